The first-order valence-electron chi connectivity index (χ1n) is 10.8. The van der Waals surface area contributed by atoms with E-state index in [-0.39, 0.29) is 11.9 Å². The van der Waals surface area contributed by atoms with Gasteiger partial charge in [0.25, 0.3) is 0 Å². The third-order valence-electron chi connectivity index (χ3n) is 6.03. The molecule has 0 atom stereocenters. The minimum absolute atomic E-state index is 0.158. The maximum atomic E-state index is 13.8. The summed E-state index contributed by atoms with van der Waals surface area (Å²) >= 11 is 1.52. The molecule has 160 valence electrons. The number of thiophene rings is 1. The van der Waals surface area contributed by atoms with Gasteiger partial charge in [-0.1, -0.05) is 60.7 Å². The van der Waals surface area contributed by atoms with Crippen LogP contribution in [0.15, 0.2) is 60.7 Å². The van der Waals surface area contributed by atoms with Crippen molar-refractivity contribution in [3.63, 3.8) is 0 Å². The molecule has 4 rings (SSSR count). The zero-order valence-electron chi connectivity index (χ0n) is 17.9. The van der Waals surface area contributed by atoms with Crippen molar-refractivity contribution < 1.29 is 14.3 Å². The highest BCUT2D eigenvalue weighted by Crippen LogP contribution is 2.40. The number of hydrogen-bond donors (Lipinski definition) is 1. The number of amides is 1. The quantitative estimate of drug-likeness (QED) is 0.504. The van der Waals surface area contributed by atoms with Crippen LogP contribution in [0.1, 0.15) is 58.6 Å². The van der Waals surface area contributed by atoms with Crippen LogP contribution >= 0.6 is 11.3 Å². The summed E-state index contributed by atoms with van der Waals surface area (Å²) in [4.78, 5) is 27.8. The van der Waals surface area contributed by atoms with Crippen molar-refractivity contribution in [3.8, 4) is 0 Å². The summed E-state index contributed by atoms with van der Waals surface area (Å²) in [6.45, 7) is 4.05. The van der Waals surface area contributed by atoms with Crippen molar-refractivity contribution in [3.05, 3.63) is 87.8 Å². The van der Waals surface area contributed by atoms with E-state index in [1.165, 1.54) is 16.2 Å². The molecule has 1 N–H and O–H groups in total. The number of fused-ring (bicyclic) bond motifs is 1. The second-order valence-electron chi connectivity index (χ2n) is 7.95. The third kappa shape index (κ3) is 4.02. The fourth-order valence-electron chi connectivity index (χ4n) is 4.27. The highest BCUT2D eigenvalue weighted by molar-refractivity contribution is 7.17. The van der Waals surface area contributed by atoms with Gasteiger partial charge in [-0.15, -0.1) is 11.3 Å². The molecule has 0 saturated heterocycles. The zero-order chi connectivity index (χ0) is 21.8. The van der Waals surface area contributed by atoms with Crippen molar-refractivity contribution in [1.82, 2.24) is 0 Å². The molecule has 31 heavy (non-hydrogen) atoms. The van der Waals surface area contributed by atoms with Crippen LogP contribution in [0.4, 0.5) is 5.00 Å². The first kappa shape index (κ1) is 21.3. The lowest BCUT2D eigenvalue weighted by Gasteiger charge is -2.29. The van der Waals surface area contributed by atoms with E-state index in [2.05, 4.69) is 5.32 Å². The molecule has 0 fully saturated rings. The van der Waals surface area contributed by atoms with Gasteiger partial charge in [0.05, 0.1) is 17.6 Å². The molecular weight excluding hydrogens is 406 g/mol. The minimum Gasteiger partial charge on any atom is -0.462 e. The number of esters is 1. The summed E-state index contributed by atoms with van der Waals surface area (Å²) in [7, 11) is 0. The van der Waals surface area contributed by atoms with Crippen molar-refractivity contribution in [2.45, 2.75) is 44.9 Å². The molecule has 0 unspecified atom stereocenters. The first-order valence-corrected chi connectivity index (χ1v) is 11.6. The van der Waals surface area contributed by atoms with Gasteiger partial charge in [-0.3, -0.25) is 4.79 Å². The van der Waals surface area contributed by atoms with Crippen molar-refractivity contribution in [2.24, 2.45) is 0 Å². The largest absolute Gasteiger partial charge is 0.462 e. The molecule has 1 aliphatic rings. The second-order valence-corrected chi connectivity index (χ2v) is 9.05. The summed E-state index contributed by atoms with van der Waals surface area (Å²) in [6.07, 6.45) is 3.95. The minimum atomic E-state index is -0.904. The van der Waals surface area contributed by atoms with Crippen molar-refractivity contribution in [2.75, 3.05) is 11.9 Å². The number of anilines is 1. The van der Waals surface area contributed by atoms with Gasteiger partial charge in [-0.05, 0) is 56.2 Å². The van der Waals surface area contributed by atoms with Gasteiger partial charge >= 0.3 is 5.97 Å². The van der Waals surface area contributed by atoms with Gasteiger partial charge in [0.2, 0.25) is 5.91 Å². The summed E-state index contributed by atoms with van der Waals surface area (Å²) in [5, 5.41) is 3.73. The Morgan fingerprint density at radius 2 is 1.55 bits per heavy atom. The molecule has 1 heterocycles. The van der Waals surface area contributed by atoms with Crippen LogP contribution in [-0.2, 0) is 27.8 Å². The Labute approximate surface area is 187 Å². The van der Waals surface area contributed by atoms with Crippen LogP contribution in [0.2, 0.25) is 0 Å². The van der Waals surface area contributed by atoms with Gasteiger partial charge in [0.1, 0.15) is 5.00 Å². The molecule has 3 aromatic rings. The average molecular weight is 434 g/mol. The number of hydrogen-bond acceptors (Lipinski definition) is 4. The van der Waals surface area contributed by atoms with Gasteiger partial charge in [0, 0.05) is 4.88 Å². The van der Waals surface area contributed by atoms with Gasteiger partial charge in [-0.25, -0.2) is 4.79 Å². The zero-order valence-corrected chi connectivity index (χ0v) is 18.8. The SMILES string of the molecule is CCOC(=O)c1c(NC(=O)C(C)(c2ccccc2)c2ccccc2)sc2c1CCCC2. The normalized spacial score (nSPS) is 13.4. The molecule has 4 nitrogen and oxygen atoms in total. The van der Waals surface area contributed by atoms with Crippen molar-refractivity contribution >= 4 is 28.2 Å². The number of aryl methyl sites for hydroxylation is 1. The highest BCUT2D eigenvalue weighted by Gasteiger charge is 2.38. The van der Waals surface area contributed by atoms with Crippen LogP contribution < -0.4 is 5.32 Å². The van der Waals surface area contributed by atoms with Crippen molar-refractivity contribution in [1.29, 1.82) is 0 Å². The summed E-state index contributed by atoms with van der Waals surface area (Å²) in [5.74, 6) is -0.507. The van der Waals surface area contributed by atoms with E-state index in [1.807, 2.05) is 67.6 Å². The third-order valence-corrected chi connectivity index (χ3v) is 7.24. The molecule has 1 amide bonds. The molecule has 1 aromatic heterocycles. The smallest absolute Gasteiger partial charge is 0.341 e. The van der Waals surface area contributed by atoms with Crippen LogP contribution in [0, 0.1) is 0 Å². The number of carbonyl (C=O) groups is 2. The molecular formula is C26H27NO3S. The number of benzene rings is 2. The van der Waals surface area contributed by atoms with E-state index in [0.29, 0.717) is 17.2 Å². The Morgan fingerprint density at radius 1 is 0.968 bits per heavy atom. The van der Waals surface area contributed by atoms with E-state index >= 15 is 0 Å². The Bertz CT molecular complexity index is 1030. The topological polar surface area (TPSA) is 55.4 Å². The van der Waals surface area contributed by atoms with Crippen LogP contribution in [0.25, 0.3) is 0 Å². The highest BCUT2D eigenvalue weighted by atomic mass is 32.1. The molecule has 0 bridgehead atoms. The standard InChI is InChI=1S/C26H27NO3S/c1-3-30-24(28)22-20-16-10-11-17-21(20)31-23(22)27-25(29)26(2,18-12-6-4-7-13-18)19-14-8-5-9-15-19/h4-9,12-15H,3,10-11,16-17H2,1-2H3,(H,27,29). The molecule has 0 aliphatic heterocycles. The monoisotopic (exact) mass is 433 g/mol. The predicted molar refractivity (Wildman–Crippen MR) is 125 cm³/mol. The lowest BCUT2D eigenvalue weighted by Crippen LogP contribution is -2.38. The maximum absolute atomic E-state index is 13.8. The fourth-order valence-corrected chi connectivity index (χ4v) is 5.55. The average Bonchev–Trinajstić information content (AvgIpc) is 3.17. The number of nitrogens with one attached hydrogen (secondary N) is 1. The Balaban J connectivity index is 1.77. The lowest BCUT2D eigenvalue weighted by molar-refractivity contribution is -0.119. The van der Waals surface area contributed by atoms with E-state index < -0.39 is 5.41 Å². The van der Waals surface area contributed by atoms with E-state index in [4.69, 9.17) is 4.74 Å². The number of rotatable bonds is 6. The van der Waals surface area contributed by atoms with Gasteiger partial charge in [-0.2, -0.15) is 0 Å². The number of carbonyl (C=O) groups excluding carboxylic acids is 2. The first-order chi connectivity index (χ1) is 15.1. The van der Waals surface area contributed by atoms with Gasteiger partial charge in [0.15, 0.2) is 0 Å². The molecule has 5 heteroatoms. The molecule has 0 spiro atoms. The van der Waals surface area contributed by atoms with Gasteiger partial charge < -0.3 is 10.1 Å². The van der Waals surface area contributed by atoms with E-state index in [9.17, 15) is 9.59 Å². The Hall–Kier alpha value is -2.92. The summed E-state index contributed by atoms with van der Waals surface area (Å²) < 4.78 is 5.35. The van der Waals surface area contributed by atoms with Crippen LogP contribution in [0.3, 0.4) is 0 Å². The summed E-state index contributed by atoms with van der Waals surface area (Å²) in [5.41, 5.74) is 2.48. The number of ether oxygens (including phenoxy) is 1. The Morgan fingerprint density at radius 3 is 2.13 bits per heavy atom. The maximum Gasteiger partial charge on any atom is 0.341 e. The van der Waals surface area contributed by atoms with Crippen LogP contribution in [0.5, 0.6) is 0 Å². The Kier molecular flexibility index (Phi) is 6.23. The molecule has 2 aromatic carbocycles. The molecule has 0 saturated carbocycles. The summed E-state index contributed by atoms with van der Waals surface area (Å²) in [6, 6.07) is 19.5. The lowest BCUT2D eigenvalue weighted by atomic mass is 9.75. The van der Waals surface area contributed by atoms with Crippen LogP contribution in [-0.4, -0.2) is 18.5 Å². The molecule has 1 aliphatic carbocycles. The second kappa shape index (κ2) is 9.06. The fraction of sp³-hybridized carbons (Fsp3) is 0.308. The predicted octanol–water partition coefficient (Wildman–Crippen LogP) is 5.75. The molecule has 0 radical (unpaired) electrons. The van der Waals surface area contributed by atoms with E-state index in [1.54, 1.807) is 6.92 Å². The van der Waals surface area contributed by atoms with E-state index in [0.717, 1.165) is 42.4 Å².